The van der Waals surface area contributed by atoms with Gasteiger partial charge in [-0.05, 0) is 25.0 Å². The quantitative estimate of drug-likeness (QED) is 0.807. The maximum Gasteiger partial charge on any atom is 0.223 e. The number of benzene rings is 2. The van der Waals surface area contributed by atoms with Crippen molar-refractivity contribution in [3.05, 3.63) is 71.8 Å². The lowest BCUT2D eigenvalue weighted by molar-refractivity contribution is -0.130. The van der Waals surface area contributed by atoms with Gasteiger partial charge < -0.3 is 10.6 Å². The monoisotopic (exact) mass is 338 g/mol. The molecule has 25 heavy (non-hydrogen) atoms. The molecule has 2 amide bonds. The van der Waals surface area contributed by atoms with E-state index in [9.17, 15) is 9.59 Å². The van der Waals surface area contributed by atoms with Crippen LogP contribution in [0.4, 0.5) is 0 Å². The van der Waals surface area contributed by atoms with Crippen LogP contribution in [0.3, 0.4) is 0 Å². The fraction of sp³-hybridized carbons (Fsp3) is 0.333. The Bertz CT molecular complexity index is 686. The van der Waals surface area contributed by atoms with Gasteiger partial charge in [0.2, 0.25) is 11.8 Å². The predicted octanol–water partition coefficient (Wildman–Crippen LogP) is 3.77. The Morgan fingerprint density at radius 3 is 1.68 bits per heavy atom. The highest BCUT2D eigenvalue weighted by Crippen LogP contribution is 2.15. The van der Waals surface area contributed by atoms with Crippen molar-refractivity contribution >= 4 is 11.8 Å². The summed E-state index contributed by atoms with van der Waals surface area (Å²) in [5.41, 5.74) is 2.09. The lowest BCUT2D eigenvalue weighted by atomic mass is 10.0. The number of hydrogen-bond acceptors (Lipinski definition) is 2. The highest BCUT2D eigenvalue weighted by Gasteiger charge is 2.20. The largest absolute Gasteiger partial charge is 0.350 e. The van der Waals surface area contributed by atoms with Crippen molar-refractivity contribution in [2.75, 3.05) is 0 Å². The van der Waals surface area contributed by atoms with Gasteiger partial charge in [0.1, 0.15) is 0 Å². The average Bonchev–Trinajstić information content (AvgIpc) is 2.62. The van der Waals surface area contributed by atoms with Crippen molar-refractivity contribution in [1.82, 2.24) is 10.6 Å². The van der Waals surface area contributed by atoms with E-state index in [0.29, 0.717) is 0 Å². The van der Waals surface area contributed by atoms with Crippen molar-refractivity contribution in [3.63, 3.8) is 0 Å². The van der Waals surface area contributed by atoms with E-state index in [2.05, 4.69) is 10.6 Å². The lowest BCUT2D eigenvalue weighted by Gasteiger charge is -2.19. The molecule has 0 aliphatic heterocycles. The van der Waals surface area contributed by atoms with Crippen molar-refractivity contribution in [2.45, 2.75) is 39.3 Å². The van der Waals surface area contributed by atoms with Crippen LogP contribution in [-0.4, -0.2) is 11.8 Å². The van der Waals surface area contributed by atoms with Crippen molar-refractivity contribution in [1.29, 1.82) is 0 Å². The third kappa shape index (κ3) is 5.75. The Labute approximate surface area is 149 Å². The average molecular weight is 338 g/mol. The minimum absolute atomic E-state index is 0.0767. The standard InChI is InChI=1S/C21H26N2O2/c1-15(21(25)23-17(3)19-12-8-5-9-13-19)14-20(24)22-16(2)18-10-6-4-7-11-18/h4-13,15-17H,14H2,1-3H3,(H,22,24)(H,23,25)/t15?,16-,17+/m1/s1. The smallest absolute Gasteiger partial charge is 0.223 e. The summed E-state index contributed by atoms with van der Waals surface area (Å²) in [6, 6.07) is 19.4. The topological polar surface area (TPSA) is 58.2 Å². The lowest BCUT2D eigenvalue weighted by Crippen LogP contribution is -2.35. The van der Waals surface area contributed by atoms with E-state index in [0.717, 1.165) is 11.1 Å². The van der Waals surface area contributed by atoms with Crippen molar-refractivity contribution in [3.8, 4) is 0 Å². The number of amides is 2. The van der Waals surface area contributed by atoms with E-state index in [4.69, 9.17) is 0 Å². The maximum absolute atomic E-state index is 12.3. The van der Waals surface area contributed by atoms with E-state index in [-0.39, 0.29) is 36.2 Å². The molecule has 1 unspecified atom stereocenters. The molecule has 2 aromatic rings. The van der Waals surface area contributed by atoms with Crippen LogP contribution < -0.4 is 10.6 Å². The van der Waals surface area contributed by atoms with E-state index in [1.807, 2.05) is 74.5 Å². The third-order valence-corrected chi connectivity index (χ3v) is 4.27. The summed E-state index contributed by atoms with van der Waals surface area (Å²) in [5, 5.41) is 5.92. The van der Waals surface area contributed by atoms with Crippen molar-refractivity contribution in [2.24, 2.45) is 5.92 Å². The number of carbonyl (C=O) groups excluding carboxylic acids is 2. The predicted molar refractivity (Wildman–Crippen MR) is 99.8 cm³/mol. The highest BCUT2D eigenvalue weighted by atomic mass is 16.2. The van der Waals surface area contributed by atoms with Gasteiger partial charge in [-0.25, -0.2) is 0 Å². The van der Waals surface area contributed by atoms with Crippen LogP contribution in [-0.2, 0) is 9.59 Å². The number of nitrogens with one attached hydrogen (secondary N) is 2. The molecule has 2 rings (SSSR count). The van der Waals surface area contributed by atoms with Gasteiger partial charge in [-0.15, -0.1) is 0 Å². The van der Waals surface area contributed by atoms with Crippen LogP contribution in [0.25, 0.3) is 0 Å². The number of carbonyl (C=O) groups is 2. The van der Waals surface area contributed by atoms with Crippen LogP contribution in [0, 0.1) is 5.92 Å². The zero-order chi connectivity index (χ0) is 18.2. The third-order valence-electron chi connectivity index (χ3n) is 4.27. The van der Waals surface area contributed by atoms with E-state index in [1.165, 1.54) is 0 Å². The van der Waals surface area contributed by atoms with Gasteiger partial charge >= 0.3 is 0 Å². The van der Waals surface area contributed by atoms with Crippen LogP contribution in [0.2, 0.25) is 0 Å². The number of rotatable bonds is 7. The SMILES string of the molecule is CC(CC(=O)N[C@H](C)c1ccccc1)C(=O)N[C@@H](C)c1ccccc1. The van der Waals surface area contributed by atoms with Gasteiger partial charge in [0.15, 0.2) is 0 Å². The van der Waals surface area contributed by atoms with E-state index >= 15 is 0 Å². The summed E-state index contributed by atoms with van der Waals surface area (Å²) in [6.45, 7) is 5.66. The van der Waals surface area contributed by atoms with E-state index < -0.39 is 0 Å². The molecule has 2 aromatic carbocycles. The molecule has 0 radical (unpaired) electrons. The molecule has 132 valence electrons. The first-order valence-corrected chi connectivity index (χ1v) is 8.67. The molecule has 0 saturated heterocycles. The molecule has 0 saturated carbocycles. The molecule has 3 atom stereocenters. The Kier molecular flexibility index (Phi) is 6.75. The molecule has 4 heteroatoms. The fourth-order valence-corrected chi connectivity index (χ4v) is 2.68. The molecule has 0 fully saturated rings. The maximum atomic E-state index is 12.3. The molecular weight excluding hydrogens is 312 g/mol. The van der Waals surface area contributed by atoms with Crippen LogP contribution in [0.5, 0.6) is 0 Å². The summed E-state index contributed by atoms with van der Waals surface area (Å²) < 4.78 is 0. The summed E-state index contributed by atoms with van der Waals surface area (Å²) in [5.74, 6) is -0.612. The summed E-state index contributed by atoms with van der Waals surface area (Å²) in [7, 11) is 0. The fourth-order valence-electron chi connectivity index (χ4n) is 2.68. The van der Waals surface area contributed by atoms with Gasteiger partial charge in [-0.2, -0.15) is 0 Å². The van der Waals surface area contributed by atoms with Gasteiger partial charge in [-0.1, -0.05) is 67.6 Å². The van der Waals surface area contributed by atoms with Gasteiger partial charge in [0.25, 0.3) is 0 Å². The molecule has 0 aromatic heterocycles. The molecule has 0 heterocycles. The summed E-state index contributed by atoms with van der Waals surface area (Å²) in [6.07, 6.45) is 0.171. The second kappa shape index (κ2) is 9.02. The first kappa shape index (κ1) is 18.7. The molecule has 0 aliphatic rings. The molecule has 4 nitrogen and oxygen atoms in total. The van der Waals surface area contributed by atoms with Crippen LogP contribution in [0.1, 0.15) is 50.4 Å². The minimum Gasteiger partial charge on any atom is -0.350 e. The Morgan fingerprint density at radius 1 is 0.760 bits per heavy atom. The zero-order valence-corrected chi connectivity index (χ0v) is 15.0. The van der Waals surface area contributed by atoms with Gasteiger partial charge in [-0.3, -0.25) is 9.59 Å². The molecule has 0 spiro atoms. The highest BCUT2D eigenvalue weighted by molar-refractivity contribution is 5.85. The van der Waals surface area contributed by atoms with E-state index in [1.54, 1.807) is 6.92 Å². The Hall–Kier alpha value is -2.62. The first-order chi connectivity index (χ1) is 12.0. The molecular formula is C21H26N2O2. The van der Waals surface area contributed by atoms with Gasteiger partial charge in [0, 0.05) is 12.3 Å². The van der Waals surface area contributed by atoms with Crippen molar-refractivity contribution < 1.29 is 9.59 Å². The Balaban J connectivity index is 1.83. The number of hydrogen-bond donors (Lipinski definition) is 2. The van der Waals surface area contributed by atoms with Crippen LogP contribution >= 0.6 is 0 Å². The summed E-state index contributed by atoms with van der Waals surface area (Å²) in [4.78, 5) is 24.5. The first-order valence-electron chi connectivity index (χ1n) is 8.67. The Morgan fingerprint density at radius 2 is 1.20 bits per heavy atom. The second-order valence-corrected chi connectivity index (χ2v) is 6.45. The zero-order valence-electron chi connectivity index (χ0n) is 15.0. The molecule has 0 aliphatic carbocycles. The minimum atomic E-state index is -0.380. The normalized spacial score (nSPS) is 14.2. The van der Waals surface area contributed by atoms with Gasteiger partial charge in [0.05, 0.1) is 12.1 Å². The summed E-state index contributed by atoms with van der Waals surface area (Å²) >= 11 is 0. The molecule has 0 bridgehead atoms. The van der Waals surface area contributed by atoms with Crippen LogP contribution in [0.15, 0.2) is 60.7 Å². The second-order valence-electron chi connectivity index (χ2n) is 6.45. The molecule has 2 N–H and O–H groups in total.